The number of nitrogens with zero attached hydrogens (tertiary/aromatic N) is 3. The van der Waals surface area contributed by atoms with Crippen molar-refractivity contribution in [1.29, 1.82) is 0 Å². The number of halogens is 5. The van der Waals surface area contributed by atoms with E-state index in [1.54, 1.807) is 6.07 Å². The number of aromatic amines is 1. The van der Waals surface area contributed by atoms with Crippen LogP contribution in [0.15, 0.2) is 52.7 Å². The summed E-state index contributed by atoms with van der Waals surface area (Å²) in [4.78, 5) is 4.17. The Kier molecular flexibility index (Phi) is 6.92. The molecule has 2 atom stereocenters. The topological polar surface area (TPSA) is 126 Å². The number of sulfonamides is 1. The van der Waals surface area contributed by atoms with Crippen LogP contribution >= 0.6 is 23.2 Å². The molecule has 35 heavy (non-hydrogen) atoms. The molecular formula is C19H17Cl2F3N7O3S+. The number of rotatable bonds is 7. The van der Waals surface area contributed by atoms with Gasteiger partial charge in [0.25, 0.3) is 15.9 Å². The molecule has 0 spiro atoms. The minimum atomic E-state index is -4.85. The first-order chi connectivity index (χ1) is 16.5. The quantitative estimate of drug-likeness (QED) is 0.358. The van der Waals surface area contributed by atoms with E-state index < -0.39 is 37.8 Å². The molecule has 0 saturated heterocycles. The molecule has 0 amide bonds. The van der Waals surface area contributed by atoms with Gasteiger partial charge in [-0.25, -0.2) is 28.8 Å². The van der Waals surface area contributed by atoms with Crippen molar-refractivity contribution < 1.29 is 31.2 Å². The standard InChI is InChI=1S/C19H16Cl2F3N7O3S/c1-34-9-16-28-29-18(31(16)15-4-5-26-27-15)17-14(6-10(20)8-25-17)30-35(32,33)11-2-3-13(21)12(7-11)19(22,23)24/h2-8,16,28,30H,9H2,1H3,(H,26,27)/p+1. The van der Waals surface area contributed by atoms with Crippen LogP contribution in [0, 0.1) is 0 Å². The number of hydrazone groups is 1. The molecule has 10 nitrogen and oxygen atoms in total. The highest BCUT2D eigenvalue weighted by Gasteiger charge is 2.40. The second kappa shape index (κ2) is 9.62. The number of ether oxygens (including phenoxy) is 1. The summed E-state index contributed by atoms with van der Waals surface area (Å²) in [5.41, 5.74) is 1.60. The first-order valence-electron chi connectivity index (χ1n) is 9.76. The highest BCUT2D eigenvalue weighted by molar-refractivity contribution is 7.92. The molecule has 3 aromatic rings. The van der Waals surface area contributed by atoms with Gasteiger partial charge in [0.1, 0.15) is 6.61 Å². The van der Waals surface area contributed by atoms with Crippen LogP contribution in [0.2, 0.25) is 10.0 Å². The molecule has 0 aliphatic carbocycles. The van der Waals surface area contributed by atoms with Crippen molar-refractivity contribution in [3.8, 4) is 0 Å². The zero-order valence-electron chi connectivity index (χ0n) is 17.7. The number of amidine groups is 1. The Hall–Kier alpha value is -2.91. The predicted octanol–water partition coefficient (Wildman–Crippen LogP) is 2.38. The molecule has 0 radical (unpaired) electrons. The predicted molar refractivity (Wildman–Crippen MR) is 121 cm³/mol. The zero-order valence-corrected chi connectivity index (χ0v) is 20.0. The Morgan fingerprint density at radius 2 is 2.00 bits per heavy atom. The van der Waals surface area contributed by atoms with Gasteiger partial charge >= 0.3 is 6.18 Å². The van der Waals surface area contributed by atoms with Crippen molar-refractivity contribution in [1.82, 2.24) is 20.6 Å². The van der Waals surface area contributed by atoms with Crippen molar-refractivity contribution in [3.63, 3.8) is 0 Å². The number of alkyl halides is 3. The summed E-state index contributed by atoms with van der Waals surface area (Å²) in [7, 11) is -3.01. The van der Waals surface area contributed by atoms with E-state index in [1.807, 2.05) is 0 Å². The van der Waals surface area contributed by atoms with Crippen LogP contribution in [-0.2, 0) is 20.9 Å². The van der Waals surface area contributed by atoms with Gasteiger partial charge in [-0.2, -0.15) is 18.3 Å². The largest absolute Gasteiger partial charge is 0.417 e. The fraction of sp³-hybridized carbons (Fsp3) is 0.211. The Morgan fingerprint density at radius 1 is 1.23 bits per heavy atom. The highest BCUT2D eigenvalue weighted by atomic mass is 35.5. The lowest BCUT2D eigenvalue weighted by molar-refractivity contribution is -0.763. The lowest BCUT2D eigenvalue weighted by atomic mass is 10.2. The molecule has 1 aromatic carbocycles. The van der Waals surface area contributed by atoms with Crippen molar-refractivity contribution in [2.75, 3.05) is 18.4 Å². The van der Waals surface area contributed by atoms with Gasteiger partial charge in [-0.1, -0.05) is 23.2 Å². The Labute approximate surface area is 207 Å². The van der Waals surface area contributed by atoms with Gasteiger partial charge in [0.15, 0.2) is 5.69 Å². The molecule has 1 aliphatic heterocycles. The second-order valence-electron chi connectivity index (χ2n) is 7.28. The summed E-state index contributed by atoms with van der Waals surface area (Å²) >= 11 is 11.7. The number of hydrogen-bond donors (Lipinski definition) is 4. The molecule has 4 rings (SSSR count). The molecule has 3 heterocycles. The molecule has 2 unspecified atom stereocenters. The van der Waals surface area contributed by atoms with Crippen LogP contribution < -0.4 is 15.0 Å². The van der Waals surface area contributed by atoms with Crippen LogP contribution in [-0.4, -0.2) is 49.3 Å². The Morgan fingerprint density at radius 3 is 2.66 bits per heavy atom. The summed E-state index contributed by atoms with van der Waals surface area (Å²) in [6.45, 7) is 0.223. The Bertz CT molecular complexity index is 1370. The van der Waals surface area contributed by atoms with Crippen molar-refractivity contribution in [2.24, 2.45) is 5.10 Å². The molecule has 1 aliphatic rings. The zero-order chi connectivity index (χ0) is 25.4. The molecule has 0 fully saturated rings. The summed E-state index contributed by atoms with van der Waals surface area (Å²) < 4.78 is 73.4. The number of benzene rings is 1. The number of quaternary nitrogens is 1. The number of methoxy groups -OCH3 is 1. The number of pyridine rings is 1. The molecule has 186 valence electrons. The monoisotopic (exact) mass is 550 g/mol. The Balaban J connectivity index is 1.75. The fourth-order valence-electron chi connectivity index (χ4n) is 3.42. The third kappa shape index (κ3) is 5.21. The van der Waals surface area contributed by atoms with Crippen LogP contribution in [0.25, 0.3) is 0 Å². The number of anilines is 1. The van der Waals surface area contributed by atoms with Crippen molar-refractivity contribution in [2.45, 2.75) is 17.2 Å². The third-order valence-corrected chi connectivity index (χ3v) is 6.84. The van der Waals surface area contributed by atoms with Gasteiger partial charge in [-0.3, -0.25) is 4.72 Å². The van der Waals surface area contributed by atoms with E-state index in [9.17, 15) is 21.6 Å². The summed E-state index contributed by atoms with van der Waals surface area (Å²) in [5.74, 6) is 0.839. The highest BCUT2D eigenvalue weighted by Crippen LogP contribution is 2.36. The van der Waals surface area contributed by atoms with Gasteiger partial charge < -0.3 is 4.74 Å². The molecule has 4 N–H and O–H groups in total. The molecule has 2 aromatic heterocycles. The lowest BCUT2D eigenvalue weighted by Crippen LogP contribution is -3.14. The maximum Gasteiger partial charge on any atom is 0.417 e. The third-order valence-electron chi connectivity index (χ3n) is 4.94. The van der Waals surface area contributed by atoms with Gasteiger partial charge in [0.05, 0.1) is 32.4 Å². The fourth-order valence-corrected chi connectivity index (χ4v) is 4.89. The first kappa shape index (κ1) is 25.2. The minimum Gasteiger partial charge on any atom is -0.376 e. The minimum absolute atomic E-state index is 0.0821. The molecule has 0 bridgehead atoms. The van der Waals surface area contributed by atoms with Crippen molar-refractivity contribution >= 4 is 50.6 Å². The number of nitrogens with one attached hydrogen (secondary N) is 4. The van der Waals surface area contributed by atoms with Crippen LogP contribution in [0.4, 0.5) is 24.7 Å². The van der Waals surface area contributed by atoms with Gasteiger partial charge in [-0.05, 0) is 24.3 Å². The maximum atomic E-state index is 13.3. The van der Waals surface area contributed by atoms with E-state index in [0.717, 1.165) is 12.1 Å². The molecular weight excluding hydrogens is 534 g/mol. The first-order valence-corrected chi connectivity index (χ1v) is 12.0. The van der Waals surface area contributed by atoms with E-state index in [2.05, 4.69) is 30.4 Å². The lowest BCUT2D eigenvalue weighted by Gasteiger charge is -2.20. The van der Waals surface area contributed by atoms with Crippen LogP contribution in [0.5, 0.6) is 0 Å². The smallest absolute Gasteiger partial charge is 0.376 e. The van der Waals surface area contributed by atoms with E-state index in [4.69, 9.17) is 27.9 Å². The van der Waals surface area contributed by atoms with Gasteiger partial charge in [0.2, 0.25) is 12.0 Å². The number of H-pyrrole nitrogens is 1. The van der Waals surface area contributed by atoms with Crippen LogP contribution in [0.3, 0.4) is 0 Å². The van der Waals surface area contributed by atoms with E-state index in [0.29, 0.717) is 16.8 Å². The van der Waals surface area contributed by atoms with Crippen LogP contribution in [0.1, 0.15) is 11.3 Å². The van der Waals surface area contributed by atoms with E-state index in [1.165, 1.54) is 25.6 Å². The number of hydrogen-bond acceptors (Lipinski definition) is 7. The maximum absolute atomic E-state index is 13.3. The van der Waals surface area contributed by atoms with E-state index in [-0.39, 0.29) is 28.8 Å². The normalized spacial score (nSPS) is 18.3. The second-order valence-corrected chi connectivity index (χ2v) is 9.80. The molecule has 0 saturated carbocycles. The summed E-state index contributed by atoms with van der Waals surface area (Å²) in [6, 6.07) is 5.24. The van der Waals surface area contributed by atoms with E-state index >= 15 is 0 Å². The van der Waals surface area contributed by atoms with Gasteiger partial charge in [-0.15, -0.1) is 5.10 Å². The SMILES string of the molecule is COCC1NN=C(c2ncc(Cl)cc2NS(=O)(=O)c2ccc(Cl)c(C(F)(F)F)c2)[NH+]1c1ccn[nH]1. The van der Waals surface area contributed by atoms with Crippen molar-refractivity contribution in [3.05, 3.63) is 64.0 Å². The van der Waals surface area contributed by atoms with Gasteiger partial charge in [0, 0.05) is 19.4 Å². The average molecular weight is 551 g/mol. The summed E-state index contributed by atoms with van der Waals surface area (Å²) in [5, 5.41) is 10.5. The molecule has 16 heteroatoms. The number of aromatic nitrogens is 3. The summed E-state index contributed by atoms with van der Waals surface area (Å²) in [6.07, 6.45) is -2.45. The average Bonchev–Trinajstić information content (AvgIpc) is 3.43.